The zero-order valence-corrected chi connectivity index (χ0v) is 14.6. The van der Waals surface area contributed by atoms with Crippen LogP contribution in [0.2, 0.25) is 0 Å². The van der Waals surface area contributed by atoms with E-state index >= 15 is 0 Å². The third-order valence-corrected chi connectivity index (χ3v) is 3.35. The molecule has 7 heteroatoms. The fourth-order valence-electron chi connectivity index (χ4n) is 2.14. The fourth-order valence-corrected chi connectivity index (χ4v) is 2.14. The smallest absolute Gasteiger partial charge is 0.270 e. The third-order valence-electron chi connectivity index (χ3n) is 3.35. The Bertz CT molecular complexity index is 570. The van der Waals surface area contributed by atoms with Gasteiger partial charge in [-0.3, -0.25) is 9.59 Å². The Morgan fingerprint density at radius 1 is 1.30 bits per heavy atom. The third kappa shape index (κ3) is 6.63. The number of aromatic nitrogens is 2. The number of anilines is 1. The van der Waals surface area contributed by atoms with E-state index in [1.807, 2.05) is 13.8 Å². The van der Waals surface area contributed by atoms with Crippen LogP contribution in [-0.2, 0) is 11.2 Å². The Kier molecular flexibility index (Phi) is 6.48. The van der Waals surface area contributed by atoms with Crippen molar-refractivity contribution in [3.63, 3.8) is 0 Å². The van der Waals surface area contributed by atoms with E-state index < -0.39 is 5.54 Å². The van der Waals surface area contributed by atoms with Crippen LogP contribution in [0.3, 0.4) is 0 Å². The number of carbonyl (C=O) groups excluding carboxylic acids is 2. The molecule has 7 nitrogen and oxygen atoms in total. The lowest BCUT2D eigenvalue weighted by molar-refractivity contribution is -0.121. The number of hydrogen-bond acceptors (Lipinski definition) is 5. The number of hydrogen-bond donors (Lipinski definition) is 3. The van der Waals surface area contributed by atoms with Gasteiger partial charge in [-0.05, 0) is 38.7 Å². The number of nitrogen functional groups attached to an aromatic ring is 1. The molecule has 0 saturated carbocycles. The first-order valence-electron chi connectivity index (χ1n) is 7.79. The van der Waals surface area contributed by atoms with Gasteiger partial charge >= 0.3 is 0 Å². The van der Waals surface area contributed by atoms with Gasteiger partial charge in [0.15, 0.2) is 0 Å². The van der Waals surface area contributed by atoms with E-state index in [1.165, 1.54) is 0 Å². The monoisotopic (exact) mass is 321 g/mol. The molecular weight excluding hydrogens is 294 g/mol. The van der Waals surface area contributed by atoms with Crippen molar-refractivity contribution in [2.24, 2.45) is 5.92 Å². The summed E-state index contributed by atoms with van der Waals surface area (Å²) in [6, 6.07) is 1.67. The standard InChI is InChI=1S/C16H27N5O2/c1-10(2)8-11-9-12(20-15(17)19-11)14(23)21-16(3,4)7-6-13(22)18-5/h9-10H,6-8H2,1-5H3,(H,18,22)(H,21,23)(H2,17,19,20). The van der Waals surface area contributed by atoms with Crippen LogP contribution >= 0.6 is 0 Å². The molecule has 0 saturated heterocycles. The topological polar surface area (TPSA) is 110 Å². The summed E-state index contributed by atoms with van der Waals surface area (Å²) in [5.74, 6) is 0.129. The maximum absolute atomic E-state index is 12.4. The van der Waals surface area contributed by atoms with Gasteiger partial charge in [0.2, 0.25) is 11.9 Å². The second-order valence-corrected chi connectivity index (χ2v) is 6.71. The minimum atomic E-state index is -0.526. The van der Waals surface area contributed by atoms with Crippen LogP contribution in [-0.4, -0.2) is 34.4 Å². The number of amides is 2. The molecule has 1 heterocycles. The highest BCUT2D eigenvalue weighted by atomic mass is 16.2. The lowest BCUT2D eigenvalue weighted by atomic mass is 9.97. The summed E-state index contributed by atoms with van der Waals surface area (Å²) in [5, 5.41) is 5.46. The molecule has 0 spiro atoms. The van der Waals surface area contributed by atoms with Crippen molar-refractivity contribution >= 4 is 17.8 Å². The molecule has 0 aliphatic heterocycles. The molecule has 0 unspecified atom stereocenters. The molecule has 128 valence electrons. The van der Waals surface area contributed by atoms with Crippen LogP contribution < -0.4 is 16.4 Å². The Morgan fingerprint density at radius 3 is 2.52 bits per heavy atom. The quantitative estimate of drug-likeness (QED) is 0.701. The van der Waals surface area contributed by atoms with E-state index in [9.17, 15) is 9.59 Å². The largest absolute Gasteiger partial charge is 0.368 e. The number of nitrogens with zero attached hydrogens (tertiary/aromatic N) is 2. The van der Waals surface area contributed by atoms with Crippen molar-refractivity contribution in [3.8, 4) is 0 Å². The minimum absolute atomic E-state index is 0.0576. The van der Waals surface area contributed by atoms with Gasteiger partial charge in [0, 0.05) is 24.7 Å². The summed E-state index contributed by atoms with van der Waals surface area (Å²) in [6.45, 7) is 7.88. The number of nitrogens with one attached hydrogen (secondary N) is 2. The van der Waals surface area contributed by atoms with E-state index in [2.05, 4.69) is 34.4 Å². The van der Waals surface area contributed by atoms with Gasteiger partial charge in [-0.1, -0.05) is 13.8 Å². The normalized spacial score (nSPS) is 11.4. The van der Waals surface area contributed by atoms with Crippen LogP contribution in [0.5, 0.6) is 0 Å². The summed E-state index contributed by atoms with van der Waals surface area (Å²) in [7, 11) is 1.59. The molecule has 0 bridgehead atoms. The van der Waals surface area contributed by atoms with Crippen molar-refractivity contribution in [1.82, 2.24) is 20.6 Å². The summed E-state index contributed by atoms with van der Waals surface area (Å²) in [6.07, 6.45) is 1.60. The van der Waals surface area contributed by atoms with Crippen LogP contribution in [0.15, 0.2) is 6.07 Å². The molecule has 0 aromatic carbocycles. The van der Waals surface area contributed by atoms with Gasteiger partial charge in [-0.15, -0.1) is 0 Å². The molecule has 1 aromatic heterocycles. The van der Waals surface area contributed by atoms with E-state index in [-0.39, 0.29) is 23.5 Å². The fraction of sp³-hybridized carbons (Fsp3) is 0.625. The van der Waals surface area contributed by atoms with Crippen molar-refractivity contribution in [2.45, 2.75) is 52.5 Å². The predicted molar refractivity (Wildman–Crippen MR) is 89.8 cm³/mol. The van der Waals surface area contributed by atoms with E-state index in [1.54, 1.807) is 13.1 Å². The summed E-state index contributed by atoms with van der Waals surface area (Å²) in [4.78, 5) is 31.9. The van der Waals surface area contributed by atoms with Crippen molar-refractivity contribution < 1.29 is 9.59 Å². The first-order valence-corrected chi connectivity index (χ1v) is 7.79. The SMILES string of the molecule is CNC(=O)CCC(C)(C)NC(=O)c1cc(CC(C)C)nc(N)n1. The second-order valence-electron chi connectivity index (χ2n) is 6.71. The summed E-state index contributed by atoms with van der Waals surface area (Å²) in [5.41, 5.74) is 6.17. The second kappa shape index (κ2) is 7.89. The average Bonchev–Trinajstić information content (AvgIpc) is 2.43. The van der Waals surface area contributed by atoms with Crippen LogP contribution in [0, 0.1) is 5.92 Å². The highest BCUT2D eigenvalue weighted by Crippen LogP contribution is 2.14. The average molecular weight is 321 g/mol. The highest BCUT2D eigenvalue weighted by Gasteiger charge is 2.23. The number of carbonyl (C=O) groups is 2. The molecule has 0 fully saturated rings. The summed E-state index contributed by atoms with van der Waals surface area (Å²) < 4.78 is 0. The van der Waals surface area contributed by atoms with Gasteiger partial charge < -0.3 is 16.4 Å². The number of rotatable bonds is 7. The van der Waals surface area contributed by atoms with Gasteiger partial charge in [0.1, 0.15) is 5.69 Å². The molecular formula is C16H27N5O2. The van der Waals surface area contributed by atoms with Crippen LogP contribution in [0.25, 0.3) is 0 Å². The van der Waals surface area contributed by atoms with Gasteiger partial charge in [0.25, 0.3) is 5.91 Å². The first-order chi connectivity index (χ1) is 10.6. The highest BCUT2D eigenvalue weighted by molar-refractivity contribution is 5.93. The number of nitrogens with two attached hydrogens (primary N) is 1. The van der Waals surface area contributed by atoms with Crippen molar-refractivity contribution in [1.29, 1.82) is 0 Å². The Balaban J connectivity index is 2.80. The maximum atomic E-state index is 12.4. The molecule has 0 aliphatic carbocycles. The van der Waals surface area contributed by atoms with Crippen LogP contribution in [0.4, 0.5) is 5.95 Å². The van der Waals surface area contributed by atoms with E-state index in [0.717, 1.165) is 12.1 Å². The van der Waals surface area contributed by atoms with E-state index in [0.29, 0.717) is 18.8 Å². The molecule has 0 atom stereocenters. The van der Waals surface area contributed by atoms with Gasteiger partial charge in [-0.2, -0.15) is 0 Å². The lowest BCUT2D eigenvalue weighted by Gasteiger charge is -2.26. The lowest BCUT2D eigenvalue weighted by Crippen LogP contribution is -2.44. The molecule has 4 N–H and O–H groups in total. The molecule has 1 aromatic rings. The Labute approximate surface area is 137 Å². The molecule has 1 rings (SSSR count). The maximum Gasteiger partial charge on any atom is 0.270 e. The zero-order chi connectivity index (χ0) is 17.6. The summed E-state index contributed by atoms with van der Waals surface area (Å²) >= 11 is 0. The zero-order valence-electron chi connectivity index (χ0n) is 14.6. The van der Waals surface area contributed by atoms with Crippen molar-refractivity contribution in [3.05, 3.63) is 17.5 Å². The molecule has 23 heavy (non-hydrogen) atoms. The van der Waals surface area contributed by atoms with E-state index in [4.69, 9.17) is 5.73 Å². The Hall–Kier alpha value is -2.18. The first kappa shape index (κ1) is 18.9. The molecule has 0 aliphatic rings. The minimum Gasteiger partial charge on any atom is -0.368 e. The predicted octanol–water partition coefficient (Wildman–Crippen LogP) is 1.29. The van der Waals surface area contributed by atoms with Crippen molar-refractivity contribution in [2.75, 3.05) is 12.8 Å². The van der Waals surface area contributed by atoms with Gasteiger partial charge in [-0.25, -0.2) is 9.97 Å². The van der Waals surface area contributed by atoms with Gasteiger partial charge in [0.05, 0.1) is 0 Å². The molecule has 2 amide bonds. The Morgan fingerprint density at radius 2 is 1.96 bits per heavy atom. The molecule has 0 radical (unpaired) electrons. The van der Waals surface area contributed by atoms with Crippen LogP contribution in [0.1, 0.15) is 56.7 Å².